The lowest BCUT2D eigenvalue weighted by Crippen LogP contribution is -2.37. The minimum absolute atomic E-state index is 0.0366. The second kappa shape index (κ2) is 5.81. The van der Waals surface area contributed by atoms with Gasteiger partial charge in [-0.2, -0.15) is 4.98 Å². The number of phosphoric ester groups is 1. The molecule has 1 fully saturated rings. The van der Waals surface area contributed by atoms with E-state index in [1.54, 1.807) is 0 Å². The summed E-state index contributed by atoms with van der Waals surface area (Å²) in [5.41, 5.74) is 4.50. The monoisotopic (exact) mass is 323 g/mol. The van der Waals surface area contributed by atoms with Crippen LogP contribution in [0.25, 0.3) is 0 Å². The van der Waals surface area contributed by atoms with Crippen LogP contribution < -0.4 is 11.4 Å². The Bertz CT molecular complexity index is 615. The number of anilines is 1. The highest BCUT2D eigenvalue weighted by Crippen LogP contribution is 2.43. The van der Waals surface area contributed by atoms with E-state index in [9.17, 15) is 14.5 Å². The van der Waals surface area contributed by atoms with Crippen molar-refractivity contribution in [1.29, 1.82) is 0 Å². The van der Waals surface area contributed by atoms with Gasteiger partial charge in [-0.3, -0.25) is 9.09 Å². The molecule has 0 amide bonds. The first-order valence-electron chi connectivity index (χ1n) is 5.76. The highest BCUT2D eigenvalue weighted by molar-refractivity contribution is 7.46. The van der Waals surface area contributed by atoms with Gasteiger partial charge in [-0.1, -0.05) is 0 Å². The highest BCUT2D eigenvalue weighted by atomic mass is 31.2. The summed E-state index contributed by atoms with van der Waals surface area (Å²) in [7, 11) is -4.91. The lowest BCUT2D eigenvalue weighted by molar-refractivity contribution is -0.0548. The molecular formula is C9H14N3O8P. The van der Waals surface area contributed by atoms with Crippen LogP contribution in [0, 0.1) is 0 Å². The number of rotatable bonds is 4. The molecular weight excluding hydrogens is 309 g/mol. The molecule has 118 valence electrons. The van der Waals surface area contributed by atoms with Crippen molar-refractivity contribution in [3.63, 3.8) is 0 Å². The molecule has 11 nitrogen and oxygen atoms in total. The first-order valence-corrected chi connectivity index (χ1v) is 7.29. The lowest BCUT2D eigenvalue weighted by Gasteiger charge is -2.20. The normalized spacial score (nSPS) is 29.7. The quantitative estimate of drug-likeness (QED) is 0.374. The van der Waals surface area contributed by atoms with Crippen molar-refractivity contribution in [3.8, 4) is 0 Å². The fourth-order valence-corrected chi connectivity index (χ4v) is 2.58. The molecule has 0 bridgehead atoms. The molecule has 1 aliphatic rings. The number of phosphoric acid groups is 1. The number of aromatic nitrogens is 2. The second-order valence-corrected chi connectivity index (χ2v) is 5.53. The first-order chi connectivity index (χ1) is 9.73. The van der Waals surface area contributed by atoms with E-state index in [0.29, 0.717) is 0 Å². The molecule has 1 aliphatic heterocycles. The van der Waals surface area contributed by atoms with Crippen molar-refractivity contribution in [2.75, 3.05) is 12.3 Å². The third-order valence-electron chi connectivity index (χ3n) is 2.87. The van der Waals surface area contributed by atoms with E-state index in [4.69, 9.17) is 25.4 Å². The number of nitrogen functional groups attached to an aromatic ring is 1. The van der Waals surface area contributed by atoms with E-state index < -0.39 is 44.7 Å². The van der Waals surface area contributed by atoms with Crippen molar-refractivity contribution in [1.82, 2.24) is 9.55 Å². The molecule has 0 aromatic carbocycles. The van der Waals surface area contributed by atoms with E-state index in [0.717, 1.165) is 4.57 Å². The maximum atomic E-state index is 11.7. The summed E-state index contributed by atoms with van der Waals surface area (Å²) < 4.78 is 21.4. The minimum atomic E-state index is -4.91. The molecule has 0 spiro atoms. The smallest absolute Gasteiger partial charge is 0.394 e. The van der Waals surface area contributed by atoms with Crippen LogP contribution in [0.3, 0.4) is 0 Å². The topological polar surface area (TPSA) is 177 Å². The third kappa shape index (κ3) is 3.47. The molecule has 2 rings (SSSR count). The molecule has 0 radical (unpaired) electrons. The number of nitrogens with two attached hydrogens (primary N) is 1. The van der Waals surface area contributed by atoms with E-state index in [-0.39, 0.29) is 5.82 Å². The van der Waals surface area contributed by atoms with E-state index in [1.165, 1.54) is 12.3 Å². The van der Waals surface area contributed by atoms with Crippen LogP contribution in [0.1, 0.15) is 6.23 Å². The zero-order valence-electron chi connectivity index (χ0n) is 10.5. The highest BCUT2D eigenvalue weighted by Gasteiger charge is 2.48. The van der Waals surface area contributed by atoms with Crippen LogP contribution in [-0.4, -0.2) is 54.5 Å². The molecule has 0 aliphatic carbocycles. The second-order valence-electron chi connectivity index (χ2n) is 4.34. The summed E-state index contributed by atoms with van der Waals surface area (Å²) in [4.78, 5) is 32.7. The molecule has 12 heteroatoms. The molecule has 1 aromatic heterocycles. The molecule has 4 atom stereocenters. The van der Waals surface area contributed by atoms with Crippen LogP contribution in [0.5, 0.6) is 0 Å². The number of hydrogen-bond donors (Lipinski definition) is 5. The fraction of sp³-hybridized carbons (Fsp3) is 0.556. The van der Waals surface area contributed by atoms with Gasteiger partial charge in [-0.05, 0) is 6.07 Å². The summed E-state index contributed by atoms with van der Waals surface area (Å²) in [5, 5.41) is 19.2. The van der Waals surface area contributed by atoms with Crippen molar-refractivity contribution < 1.29 is 33.8 Å². The van der Waals surface area contributed by atoms with Crippen LogP contribution in [0.2, 0.25) is 0 Å². The maximum absolute atomic E-state index is 11.7. The molecule has 2 heterocycles. The third-order valence-corrected chi connectivity index (χ3v) is 3.39. The van der Waals surface area contributed by atoms with Gasteiger partial charge in [0, 0.05) is 6.20 Å². The molecule has 21 heavy (non-hydrogen) atoms. The Hall–Kier alpha value is -1.33. The van der Waals surface area contributed by atoms with Gasteiger partial charge in [-0.25, -0.2) is 9.36 Å². The average molecular weight is 323 g/mol. The van der Waals surface area contributed by atoms with Crippen LogP contribution in [-0.2, 0) is 13.8 Å². The predicted molar refractivity (Wildman–Crippen MR) is 66.8 cm³/mol. The molecule has 1 aromatic rings. The number of hydrogen-bond acceptors (Lipinski definition) is 8. The Morgan fingerprint density at radius 1 is 1.52 bits per heavy atom. The van der Waals surface area contributed by atoms with Crippen molar-refractivity contribution in [3.05, 3.63) is 22.7 Å². The van der Waals surface area contributed by atoms with E-state index >= 15 is 0 Å². The van der Waals surface area contributed by atoms with Crippen LogP contribution in [0.15, 0.2) is 17.1 Å². The summed E-state index contributed by atoms with van der Waals surface area (Å²) in [6.45, 7) is -0.671. The van der Waals surface area contributed by atoms with E-state index in [1.807, 2.05) is 0 Å². The molecule has 0 saturated carbocycles. The number of ether oxygens (including phenoxy) is 1. The van der Waals surface area contributed by atoms with Gasteiger partial charge < -0.3 is 30.5 Å². The van der Waals surface area contributed by atoms with Gasteiger partial charge in [-0.15, -0.1) is 0 Å². The van der Waals surface area contributed by atoms with Crippen molar-refractivity contribution >= 4 is 13.6 Å². The van der Waals surface area contributed by atoms with Gasteiger partial charge in [0.15, 0.2) is 6.23 Å². The average Bonchev–Trinajstić information content (AvgIpc) is 2.65. The van der Waals surface area contributed by atoms with Gasteiger partial charge in [0.2, 0.25) is 0 Å². The first kappa shape index (κ1) is 16.0. The Morgan fingerprint density at radius 3 is 2.71 bits per heavy atom. The number of aliphatic hydroxyl groups is 2. The van der Waals surface area contributed by atoms with Gasteiger partial charge in [0.05, 0.1) is 6.61 Å². The standard InChI is InChI=1S/C9H14N3O8P/c10-5-1-2-12(9(15)11-5)8-6(14)7(4(3-13)19-8)20-21(16,17)18/h1-2,4,6-8,13-14H,3H2,(H2,10,11,15)(H2,16,17,18)/t4-,6+,7+,8+/m0/s1. The number of nitrogens with zero attached hydrogens (tertiary/aromatic N) is 2. The Kier molecular flexibility index (Phi) is 4.44. The van der Waals surface area contributed by atoms with Gasteiger partial charge in [0.25, 0.3) is 0 Å². The SMILES string of the molecule is Nc1ccn([C@@H]2O[C@@H](CO)[C@@H](OP(=O)(O)O)[C@H]2O)c(=O)n1. The fourth-order valence-electron chi connectivity index (χ4n) is 2.00. The Morgan fingerprint density at radius 2 is 2.19 bits per heavy atom. The van der Waals surface area contributed by atoms with Gasteiger partial charge >= 0.3 is 13.5 Å². The molecule has 1 saturated heterocycles. The summed E-state index contributed by atoms with van der Waals surface area (Å²) >= 11 is 0. The predicted octanol–water partition coefficient (Wildman–Crippen LogP) is -2.45. The Balaban J connectivity index is 2.31. The molecule has 0 unspecified atom stereocenters. The number of aliphatic hydroxyl groups excluding tert-OH is 2. The zero-order chi connectivity index (χ0) is 15.8. The van der Waals surface area contributed by atoms with Crippen LogP contribution >= 0.6 is 7.82 Å². The molecule has 6 N–H and O–H groups in total. The van der Waals surface area contributed by atoms with Crippen molar-refractivity contribution in [2.24, 2.45) is 0 Å². The van der Waals surface area contributed by atoms with E-state index in [2.05, 4.69) is 9.51 Å². The maximum Gasteiger partial charge on any atom is 0.470 e. The Labute approximate surface area is 117 Å². The lowest BCUT2D eigenvalue weighted by atomic mass is 10.1. The van der Waals surface area contributed by atoms with Crippen molar-refractivity contribution in [2.45, 2.75) is 24.5 Å². The summed E-state index contributed by atoms with van der Waals surface area (Å²) in [5.74, 6) is -0.0366. The van der Waals surface area contributed by atoms with Gasteiger partial charge in [0.1, 0.15) is 24.1 Å². The summed E-state index contributed by atoms with van der Waals surface area (Å²) in [6, 6.07) is 1.28. The van der Waals surface area contributed by atoms with Crippen LogP contribution in [0.4, 0.5) is 5.82 Å². The zero-order valence-corrected chi connectivity index (χ0v) is 11.4. The minimum Gasteiger partial charge on any atom is -0.394 e. The summed E-state index contributed by atoms with van der Waals surface area (Å²) in [6.07, 6.45) is -4.45. The largest absolute Gasteiger partial charge is 0.470 e.